The highest BCUT2D eigenvalue weighted by Gasteiger charge is 2.14. The van der Waals surface area contributed by atoms with Gasteiger partial charge in [0, 0.05) is 5.56 Å². The van der Waals surface area contributed by atoms with Crippen LogP contribution in [-0.2, 0) is 0 Å². The maximum absolute atomic E-state index is 10.2. The number of hydrogen-bond acceptors (Lipinski definition) is 3. The molecule has 0 bridgehead atoms. The summed E-state index contributed by atoms with van der Waals surface area (Å²) in [5.41, 5.74) is 0.813. The Morgan fingerprint density at radius 1 is 1.11 bits per heavy atom. The van der Waals surface area contributed by atoms with Crippen LogP contribution in [-0.4, -0.2) is 19.3 Å². The first-order chi connectivity index (χ1) is 8.72. The third-order valence-electron chi connectivity index (χ3n) is 3.13. The van der Waals surface area contributed by atoms with E-state index in [0.717, 1.165) is 29.9 Å². The molecule has 0 aliphatic heterocycles. The van der Waals surface area contributed by atoms with Crippen molar-refractivity contribution in [2.75, 3.05) is 14.2 Å². The van der Waals surface area contributed by atoms with Crippen LogP contribution in [0.15, 0.2) is 18.2 Å². The largest absolute Gasteiger partial charge is 0.497 e. The van der Waals surface area contributed by atoms with Gasteiger partial charge in [-0.05, 0) is 24.6 Å². The van der Waals surface area contributed by atoms with Crippen molar-refractivity contribution in [1.29, 1.82) is 0 Å². The van der Waals surface area contributed by atoms with Crippen molar-refractivity contribution < 1.29 is 14.6 Å². The van der Waals surface area contributed by atoms with E-state index in [9.17, 15) is 5.11 Å². The summed E-state index contributed by atoms with van der Waals surface area (Å²) in [5, 5.41) is 10.2. The first kappa shape index (κ1) is 14.8. The van der Waals surface area contributed by atoms with Crippen molar-refractivity contribution in [3.63, 3.8) is 0 Å². The molecule has 0 spiro atoms. The van der Waals surface area contributed by atoms with Crippen LogP contribution in [0.2, 0.25) is 0 Å². The van der Waals surface area contributed by atoms with Crippen LogP contribution in [0.25, 0.3) is 0 Å². The van der Waals surface area contributed by atoms with E-state index in [1.54, 1.807) is 14.2 Å². The monoisotopic (exact) mass is 252 g/mol. The van der Waals surface area contributed by atoms with E-state index in [0.29, 0.717) is 0 Å². The van der Waals surface area contributed by atoms with Gasteiger partial charge in [-0.1, -0.05) is 32.6 Å². The summed E-state index contributed by atoms with van der Waals surface area (Å²) in [6, 6.07) is 5.53. The molecule has 3 heteroatoms. The number of benzene rings is 1. The van der Waals surface area contributed by atoms with Crippen LogP contribution in [0.4, 0.5) is 0 Å². The van der Waals surface area contributed by atoms with E-state index in [1.165, 1.54) is 19.3 Å². The zero-order chi connectivity index (χ0) is 13.4. The summed E-state index contributed by atoms with van der Waals surface area (Å²) in [5.74, 6) is 1.47. The number of aliphatic hydroxyl groups is 1. The SMILES string of the molecule is CCCCCCC(O)c1cc(OC)ccc1OC. The molecule has 0 aliphatic carbocycles. The Kier molecular flexibility index (Phi) is 6.58. The third-order valence-corrected chi connectivity index (χ3v) is 3.13. The van der Waals surface area contributed by atoms with Gasteiger partial charge in [-0.15, -0.1) is 0 Å². The maximum Gasteiger partial charge on any atom is 0.124 e. The Morgan fingerprint density at radius 2 is 1.89 bits per heavy atom. The minimum atomic E-state index is -0.480. The van der Waals surface area contributed by atoms with Crippen molar-refractivity contribution in [3.8, 4) is 11.5 Å². The van der Waals surface area contributed by atoms with Crippen molar-refractivity contribution in [1.82, 2.24) is 0 Å². The second kappa shape index (κ2) is 7.98. The average Bonchev–Trinajstić information content (AvgIpc) is 2.42. The molecule has 0 radical (unpaired) electrons. The molecule has 0 heterocycles. The molecule has 1 aromatic carbocycles. The van der Waals surface area contributed by atoms with Crippen molar-refractivity contribution >= 4 is 0 Å². The van der Waals surface area contributed by atoms with Crippen molar-refractivity contribution in [3.05, 3.63) is 23.8 Å². The Labute approximate surface area is 110 Å². The van der Waals surface area contributed by atoms with Crippen molar-refractivity contribution in [2.24, 2.45) is 0 Å². The highest BCUT2D eigenvalue weighted by molar-refractivity contribution is 5.41. The molecule has 1 atom stereocenters. The van der Waals surface area contributed by atoms with E-state index >= 15 is 0 Å². The van der Waals surface area contributed by atoms with Gasteiger partial charge < -0.3 is 14.6 Å². The van der Waals surface area contributed by atoms with Gasteiger partial charge in [0.2, 0.25) is 0 Å². The molecule has 1 N–H and O–H groups in total. The summed E-state index contributed by atoms with van der Waals surface area (Å²) >= 11 is 0. The molecular formula is C15H24O3. The summed E-state index contributed by atoms with van der Waals surface area (Å²) in [6.45, 7) is 2.18. The molecule has 0 saturated heterocycles. The van der Waals surface area contributed by atoms with Crippen LogP contribution >= 0.6 is 0 Å². The molecule has 0 aliphatic rings. The van der Waals surface area contributed by atoms with E-state index in [1.807, 2.05) is 18.2 Å². The van der Waals surface area contributed by atoms with Crippen LogP contribution in [0, 0.1) is 0 Å². The number of unbranched alkanes of at least 4 members (excludes halogenated alkanes) is 3. The molecule has 1 aromatic rings. The van der Waals surface area contributed by atoms with Gasteiger partial charge in [0.05, 0.1) is 20.3 Å². The van der Waals surface area contributed by atoms with E-state index in [4.69, 9.17) is 9.47 Å². The van der Waals surface area contributed by atoms with Crippen LogP contribution in [0.3, 0.4) is 0 Å². The molecule has 0 fully saturated rings. The van der Waals surface area contributed by atoms with Gasteiger partial charge in [0.25, 0.3) is 0 Å². The standard InChI is InChI=1S/C15H24O3/c1-4-5-6-7-8-14(16)13-11-12(17-2)9-10-15(13)18-3/h9-11,14,16H,4-8H2,1-3H3. The molecule has 0 saturated carbocycles. The summed E-state index contributed by atoms with van der Waals surface area (Å²) in [6.07, 6.45) is 4.92. The normalized spacial score (nSPS) is 12.2. The summed E-state index contributed by atoms with van der Waals surface area (Å²) in [4.78, 5) is 0. The van der Waals surface area contributed by atoms with Gasteiger partial charge in [-0.25, -0.2) is 0 Å². The van der Waals surface area contributed by atoms with Gasteiger partial charge in [0.1, 0.15) is 11.5 Å². The van der Waals surface area contributed by atoms with Crippen LogP contribution < -0.4 is 9.47 Å². The molecule has 102 valence electrons. The number of methoxy groups -OCH3 is 2. The molecule has 18 heavy (non-hydrogen) atoms. The number of hydrogen-bond donors (Lipinski definition) is 1. The Hall–Kier alpha value is -1.22. The zero-order valence-corrected chi connectivity index (χ0v) is 11.6. The van der Waals surface area contributed by atoms with Gasteiger partial charge in [-0.3, -0.25) is 0 Å². The molecular weight excluding hydrogens is 228 g/mol. The Bertz CT molecular complexity index is 350. The minimum absolute atomic E-state index is 0.480. The summed E-state index contributed by atoms with van der Waals surface area (Å²) < 4.78 is 10.5. The Morgan fingerprint density at radius 3 is 2.50 bits per heavy atom. The topological polar surface area (TPSA) is 38.7 Å². The zero-order valence-electron chi connectivity index (χ0n) is 11.6. The van der Waals surface area contributed by atoms with E-state index in [2.05, 4.69) is 6.92 Å². The maximum atomic E-state index is 10.2. The lowest BCUT2D eigenvalue weighted by Gasteiger charge is -2.15. The lowest BCUT2D eigenvalue weighted by Crippen LogP contribution is -2.01. The lowest BCUT2D eigenvalue weighted by atomic mass is 10.0. The second-order valence-corrected chi connectivity index (χ2v) is 4.47. The molecule has 1 unspecified atom stereocenters. The van der Waals surface area contributed by atoms with E-state index < -0.39 is 6.10 Å². The smallest absolute Gasteiger partial charge is 0.124 e. The fourth-order valence-electron chi connectivity index (χ4n) is 2.02. The predicted octanol–water partition coefficient (Wildman–Crippen LogP) is 3.71. The number of aliphatic hydroxyl groups excluding tert-OH is 1. The van der Waals surface area contributed by atoms with Crippen LogP contribution in [0.5, 0.6) is 11.5 Å². The van der Waals surface area contributed by atoms with Gasteiger partial charge in [0.15, 0.2) is 0 Å². The minimum Gasteiger partial charge on any atom is -0.497 e. The molecule has 3 nitrogen and oxygen atoms in total. The van der Waals surface area contributed by atoms with Crippen molar-refractivity contribution in [2.45, 2.75) is 45.1 Å². The third kappa shape index (κ3) is 4.22. The van der Waals surface area contributed by atoms with Crippen LogP contribution in [0.1, 0.15) is 50.7 Å². The van der Waals surface area contributed by atoms with Gasteiger partial charge in [-0.2, -0.15) is 0 Å². The predicted molar refractivity (Wildman–Crippen MR) is 73.3 cm³/mol. The van der Waals surface area contributed by atoms with E-state index in [-0.39, 0.29) is 0 Å². The molecule has 0 amide bonds. The Balaban J connectivity index is 2.66. The molecule has 1 rings (SSSR count). The average molecular weight is 252 g/mol. The highest BCUT2D eigenvalue weighted by atomic mass is 16.5. The summed E-state index contributed by atoms with van der Waals surface area (Å²) in [7, 11) is 3.24. The quantitative estimate of drug-likeness (QED) is 0.717. The lowest BCUT2D eigenvalue weighted by molar-refractivity contribution is 0.159. The first-order valence-electron chi connectivity index (χ1n) is 6.63. The number of ether oxygens (including phenoxy) is 2. The number of rotatable bonds is 8. The molecule has 0 aromatic heterocycles. The fraction of sp³-hybridized carbons (Fsp3) is 0.600. The highest BCUT2D eigenvalue weighted by Crippen LogP contribution is 2.31. The fourth-order valence-corrected chi connectivity index (χ4v) is 2.02. The van der Waals surface area contributed by atoms with Gasteiger partial charge >= 0.3 is 0 Å². The first-order valence-corrected chi connectivity index (χ1v) is 6.63. The second-order valence-electron chi connectivity index (χ2n) is 4.47.